The minimum Gasteiger partial charge on any atom is -0.494 e. The number of benzene rings is 2. The quantitative estimate of drug-likeness (QED) is 0.701. The molecule has 5 heteroatoms. The molecule has 0 fully saturated rings. The van der Waals surface area contributed by atoms with Gasteiger partial charge in [-0.05, 0) is 55.7 Å². The molecule has 1 N–H and O–H groups in total. The van der Waals surface area contributed by atoms with Crippen LogP contribution in [0.15, 0.2) is 72.0 Å². The molecule has 2 aliphatic heterocycles. The Labute approximate surface area is 184 Å². The highest BCUT2D eigenvalue weighted by Crippen LogP contribution is 2.30. The number of Topliss-reactive ketones (excluding diaryl/α,β-unsaturated/α-hetero) is 1. The lowest BCUT2D eigenvalue weighted by atomic mass is 9.99. The molecule has 2 aromatic rings. The van der Waals surface area contributed by atoms with Crippen molar-refractivity contribution in [1.82, 2.24) is 10.3 Å². The van der Waals surface area contributed by atoms with E-state index < -0.39 is 0 Å². The fraction of sp³-hybridized carbons (Fsp3) is 0.308. The number of hydrogen-bond donors (Lipinski definition) is 1. The monoisotopic (exact) mass is 415 g/mol. The predicted molar refractivity (Wildman–Crippen MR) is 125 cm³/mol. The van der Waals surface area contributed by atoms with Gasteiger partial charge in [-0.25, -0.2) is 0 Å². The number of nitrogens with zero attached hydrogens (tertiary/aromatic N) is 2. The van der Waals surface area contributed by atoms with Crippen molar-refractivity contribution >= 4 is 17.1 Å². The van der Waals surface area contributed by atoms with E-state index in [1.807, 2.05) is 62.2 Å². The molecule has 2 unspecified atom stereocenters. The van der Waals surface area contributed by atoms with Gasteiger partial charge in [-0.3, -0.25) is 15.1 Å². The average Bonchev–Trinajstić information content (AvgIpc) is 3.20. The van der Waals surface area contributed by atoms with Crippen molar-refractivity contribution < 1.29 is 9.53 Å². The summed E-state index contributed by atoms with van der Waals surface area (Å²) >= 11 is 0. The summed E-state index contributed by atoms with van der Waals surface area (Å²) in [6.45, 7) is 10.6. The Morgan fingerprint density at radius 1 is 1.19 bits per heavy atom. The van der Waals surface area contributed by atoms with E-state index in [2.05, 4.69) is 35.2 Å². The number of ether oxygens (including phenoxy) is 1. The molecular formula is C26H29N3O2. The zero-order valence-electron chi connectivity index (χ0n) is 18.4. The van der Waals surface area contributed by atoms with Gasteiger partial charge in [0.2, 0.25) is 0 Å². The number of hydrogen-bond acceptors (Lipinski definition) is 5. The summed E-state index contributed by atoms with van der Waals surface area (Å²) in [5.74, 6) is 0.947. The van der Waals surface area contributed by atoms with Crippen LogP contribution < -0.4 is 10.1 Å². The van der Waals surface area contributed by atoms with Crippen LogP contribution in [-0.4, -0.2) is 29.3 Å². The molecule has 0 radical (unpaired) electrons. The predicted octanol–water partition coefficient (Wildman–Crippen LogP) is 4.87. The second-order valence-electron chi connectivity index (χ2n) is 8.14. The lowest BCUT2D eigenvalue weighted by Crippen LogP contribution is -2.44. The molecule has 4 rings (SSSR count). The third-order valence-corrected chi connectivity index (χ3v) is 5.74. The van der Waals surface area contributed by atoms with E-state index in [-0.39, 0.29) is 18.0 Å². The minimum absolute atomic E-state index is 0.00805. The molecule has 0 saturated carbocycles. The maximum Gasteiger partial charge on any atom is 0.183 e. The van der Waals surface area contributed by atoms with Gasteiger partial charge >= 0.3 is 0 Å². The zero-order chi connectivity index (χ0) is 22.0. The number of carbonyl (C=O) groups is 1. The summed E-state index contributed by atoms with van der Waals surface area (Å²) in [5.41, 5.74) is 5.95. The minimum atomic E-state index is -0.00805. The first-order valence-corrected chi connectivity index (χ1v) is 10.8. The number of nitrogens with one attached hydrogen (secondary N) is 1. The number of carbonyl (C=O) groups excluding carboxylic acids is 1. The highest BCUT2D eigenvalue weighted by molar-refractivity contribution is 6.40. The molecule has 160 valence electrons. The average molecular weight is 416 g/mol. The molecule has 0 aromatic heterocycles. The van der Waals surface area contributed by atoms with Crippen molar-refractivity contribution in [1.29, 1.82) is 0 Å². The van der Waals surface area contributed by atoms with Crippen LogP contribution in [0, 0.1) is 0 Å². The van der Waals surface area contributed by atoms with Crippen molar-refractivity contribution in [2.24, 2.45) is 5.10 Å². The number of ketones is 1. The molecule has 5 nitrogen and oxygen atoms in total. The lowest BCUT2D eigenvalue weighted by Gasteiger charge is -2.34. The normalized spacial score (nSPS) is 20.0. The van der Waals surface area contributed by atoms with Crippen molar-refractivity contribution in [3.05, 3.63) is 83.6 Å². The summed E-state index contributed by atoms with van der Waals surface area (Å²) in [6, 6.07) is 16.3. The Kier molecular flexibility index (Phi) is 6.05. The van der Waals surface area contributed by atoms with Gasteiger partial charge in [0, 0.05) is 18.5 Å². The van der Waals surface area contributed by atoms with Crippen molar-refractivity contribution in [3.8, 4) is 5.75 Å². The summed E-state index contributed by atoms with van der Waals surface area (Å²) in [6.07, 6.45) is 3.10. The van der Waals surface area contributed by atoms with Crippen LogP contribution >= 0.6 is 0 Å². The molecule has 2 aromatic carbocycles. The molecule has 0 bridgehead atoms. The van der Waals surface area contributed by atoms with Crippen LogP contribution in [0.1, 0.15) is 49.9 Å². The van der Waals surface area contributed by atoms with Gasteiger partial charge in [0.05, 0.1) is 12.6 Å². The molecule has 2 atom stereocenters. The van der Waals surface area contributed by atoms with Crippen molar-refractivity contribution in [2.45, 2.75) is 45.8 Å². The fourth-order valence-corrected chi connectivity index (χ4v) is 4.03. The van der Waals surface area contributed by atoms with E-state index in [1.165, 1.54) is 5.56 Å². The fourth-order valence-electron chi connectivity index (χ4n) is 4.03. The molecule has 0 aliphatic carbocycles. The first kappa shape index (κ1) is 21.1. The molecule has 31 heavy (non-hydrogen) atoms. The number of fused-ring (bicyclic) bond motifs is 1. The lowest BCUT2D eigenvalue weighted by molar-refractivity contribution is -0.112. The molecule has 0 saturated heterocycles. The molecule has 2 heterocycles. The smallest absolute Gasteiger partial charge is 0.183 e. The molecular weight excluding hydrogens is 386 g/mol. The van der Waals surface area contributed by atoms with Crippen LogP contribution in [0.2, 0.25) is 0 Å². The van der Waals surface area contributed by atoms with Gasteiger partial charge in [0.25, 0.3) is 0 Å². The van der Waals surface area contributed by atoms with Crippen LogP contribution in [0.5, 0.6) is 5.75 Å². The third-order valence-electron chi connectivity index (χ3n) is 5.74. The van der Waals surface area contributed by atoms with Crippen LogP contribution in [-0.2, 0) is 11.2 Å². The second kappa shape index (κ2) is 8.90. The van der Waals surface area contributed by atoms with Crippen molar-refractivity contribution in [3.63, 3.8) is 0 Å². The van der Waals surface area contributed by atoms with Gasteiger partial charge < -0.3 is 4.74 Å². The first-order chi connectivity index (χ1) is 14.9. The van der Waals surface area contributed by atoms with E-state index in [4.69, 9.17) is 4.74 Å². The van der Waals surface area contributed by atoms with E-state index in [9.17, 15) is 4.79 Å². The Morgan fingerprint density at radius 3 is 2.55 bits per heavy atom. The topological polar surface area (TPSA) is 53.9 Å². The van der Waals surface area contributed by atoms with Crippen molar-refractivity contribution in [2.75, 3.05) is 6.61 Å². The Hall–Kier alpha value is -3.18. The largest absolute Gasteiger partial charge is 0.494 e. The maximum atomic E-state index is 12.9. The molecule has 2 aliphatic rings. The van der Waals surface area contributed by atoms with Crippen LogP contribution in [0.4, 0.5) is 0 Å². The van der Waals surface area contributed by atoms with Gasteiger partial charge in [-0.15, -0.1) is 0 Å². The summed E-state index contributed by atoms with van der Waals surface area (Å²) < 4.78 is 5.54. The molecule has 0 amide bonds. The van der Waals surface area contributed by atoms with Gasteiger partial charge in [0.1, 0.15) is 17.6 Å². The van der Waals surface area contributed by atoms with Gasteiger partial charge in [-0.1, -0.05) is 48.6 Å². The summed E-state index contributed by atoms with van der Waals surface area (Å²) in [5, 5.41) is 10.2. The Morgan fingerprint density at radius 2 is 1.90 bits per heavy atom. The van der Waals surface area contributed by atoms with E-state index in [1.54, 1.807) is 0 Å². The second-order valence-corrected chi connectivity index (χ2v) is 8.14. The van der Waals surface area contributed by atoms with E-state index in [0.717, 1.165) is 28.1 Å². The Balaban J connectivity index is 1.42. The SMILES string of the molecule is C=C(C)c1ccc(CC(=O)C2=NN3C(C)=CC(c4ccc(OCC)cc4)NC3C2)cc1. The standard InChI is InChI=1S/C26H29N3O2/c1-5-31-22-12-10-21(11-13-22)23-14-18(4)29-26(27-23)16-24(28-29)25(30)15-19-6-8-20(9-7-19)17(2)3/h6-14,23,26-27H,2,5,15-16H2,1,3-4H3. The first-order valence-electron chi connectivity index (χ1n) is 10.8. The highest BCUT2D eigenvalue weighted by atomic mass is 16.5. The van der Waals surface area contributed by atoms with E-state index >= 15 is 0 Å². The molecule has 0 spiro atoms. The number of hydrazone groups is 1. The number of rotatable bonds is 7. The van der Waals surface area contributed by atoms with Gasteiger partial charge in [-0.2, -0.15) is 5.10 Å². The maximum absolute atomic E-state index is 12.9. The van der Waals surface area contributed by atoms with Gasteiger partial charge in [0.15, 0.2) is 5.78 Å². The zero-order valence-corrected chi connectivity index (χ0v) is 18.4. The summed E-state index contributed by atoms with van der Waals surface area (Å²) in [4.78, 5) is 12.9. The van der Waals surface area contributed by atoms with Crippen LogP contribution in [0.3, 0.4) is 0 Å². The summed E-state index contributed by atoms with van der Waals surface area (Å²) in [7, 11) is 0. The third kappa shape index (κ3) is 4.62. The highest BCUT2D eigenvalue weighted by Gasteiger charge is 2.35. The van der Waals surface area contributed by atoms with Crippen LogP contribution in [0.25, 0.3) is 5.57 Å². The number of allylic oxidation sites excluding steroid dienone is 2. The Bertz CT molecular complexity index is 1040. The van der Waals surface area contributed by atoms with E-state index in [0.29, 0.717) is 25.2 Å².